The van der Waals surface area contributed by atoms with Crippen molar-refractivity contribution in [3.8, 4) is 6.07 Å². The molecule has 1 aromatic rings. The highest BCUT2D eigenvalue weighted by molar-refractivity contribution is 5.84. The number of piperidine rings is 1. The Kier molecular flexibility index (Phi) is 2.88. The van der Waals surface area contributed by atoms with E-state index in [1.807, 2.05) is 6.07 Å². The Morgan fingerprint density at radius 3 is 2.88 bits per heavy atom. The van der Waals surface area contributed by atoms with Gasteiger partial charge in [-0.3, -0.25) is 4.79 Å². The van der Waals surface area contributed by atoms with Crippen molar-refractivity contribution in [1.82, 2.24) is 15.1 Å². The summed E-state index contributed by atoms with van der Waals surface area (Å²) in [7, 11) is 0. The molecule has 0 radical (unpaired) electrons. The molecule has 0 saturated carbocycles. The Bertz CT molecular complexity index is 439. The highest BCUT2D eigenvalue weighted by Crippen LogP contribution is 2.17. The van der Waals surface area contributed by atoms with Crippen LogP contribution in [0.3, 0.4) is 0 Å². The second-order valence-corrected chi connectivity index (χ2v) is 3.83. The molecular formula is C10H13N5O. The molecule has 0 aliphatic carbocycles. The lowest BCUT2D eigenvalue weighted by atomic mass is 9.97. The van der Waals surface area contributed by atoms with E-state index in [4.69, 9.17) is 11.0 Å². The maximum Gasteiger partial charge on any atom is 0.251 e. The predicted octanol–water partition coefficient (Wildman–Crippen LogP) is -0.0232. The Hall–Kier alpha value is -1.87. The van der Waals surface area contributed by atoms with Crippen LogP contribution in [0, 0.1) is 17.2 Å². The Balaban J connectivity index is 2.20. The average Bonchev–Trinajstić information content (AvgIpc) is 2.70. The van der Waals surface area contributed by atoms with Gasteiger partial charge in [0.25, 0.3) is 5.91 Å². The maximum absolute atomic E-state index is 12.0. The first kappa shape index (κ1) is 10.6. The summed E-state index contributed by atoms with van der Waals surface area (Å²) in [4.78, 5) is 12.0. The van der Waals surface area contributed by atoms with Crippen molar-refractivity contribution in [1.29, 1.82) is 5.26 Å². The van der Waals surface area contributed by atoms with Crippen molar-refractivity contribution in [2.75, 3.05) is 18.8 Å². The van der Waals surface area contributed by atoms with Crippen LogP contribution in [0.1, 0.15) is 23.2 Å². The minimum atomic E-state index is -0.111. The van der Waals surface area contributed by atoms with Gasteiger partial charge in [-0.1, -0.05) is 0 Å². The third kappa shape index (κ3) is 1.77. The summed E-state index contributed by atoms with van der Waals surface area (Å²) in [6.07, 6.45) is 2.91. The molecule has 0 unspecified atom stereocenters. The van der Waals surface area contributed by atoms with Crippen LogP contribution < -0.4 is 11.1 Å². The SMILES string of the molecule is N#Cc1cnn(C(=O)C2CCNCC2)c1N. The van der Waals surface area contributed by atoms with Crippen molar-refractivity contribution in [2.45, 2.75) is 12.8 Å². The van der Waals surface area contributed by atoms with Crippen LogP contribution in [-0.2, 0) is 0 Å². The third-order valence-corrected chi connectivity index (χ3v) is 2.82. The van der Waals surface area contributed by atoms with Gasteiger partial charge < -0.3 is 11.1 Å². The summed E-state index contributed by atoms with van der Waals surface area (Å²) in [5, 5.41) is 15.8. The minimum Gasteiger partial charge on any atom is -0.382 e. The molecule has 0 amide bonds. The molecule has 2 heterocycles. The second kappa shape index (κ2) is 4.33. The fraction of sp³-hybridized carbons (Fsp3) is 0.500. The van der Waals surface area contributed by atoms with Gasteiger partial charge in [0.15, 0.2) is 0 Å². The summed E-state index contributed by atoms with van der Waals surface area (Å²) in [6.45, 7) is 1.67. The van der Waals surface area contributed by atoms with Crippen LogP contribution in [0.15, 0.2) is 6.20 Å². The first-order valence-corrected chi connectivity index (χ1v) is 5.22. The summed E-state index contributed by atoms with van der Waals surface area (Å²) in [5.41, 5.74) is 5.92. The van der Waals surface area contributed by atoms with Gasteiger partial charge in [0.2, 0.25) is 0 Å². The molecule has 3 N–H and O–H groups in total. The Morgan fingerprint density at radius 2 is 2.31 bits per heavy atom. The quantitative estimate of drug-likeness (QED) is 0.691. The summed E-state index contributed by atoms with van der Waals surface area (Å²) in [5.74, 6) is -0.0125. The molecule has 0 aromatic carbocycles. The molecule has 0 atom stereocenters. The fourth-order valence-electron chi connectivity index (χ4n) is 1.86. The number of anilines is 1. The average molecular weight is 219 g/mol. The Labute approximate surface area is 93.0 Å². The number of nitrogens with two attached hydrogens (primary N) is 1. The summed E-state index contributed by atoms with van der Waals surface area (Å²) in [6, 6.07) is 1.90. The fourth-order valence-corrected chi connectivity index (χ4v) is 1.86. The molecule has 0 bridgehead atoms. The number of hydrogen-bond donors (Lipinski definition) is 2. The number of rotatable bonds is 1. The molecule has 1 saturated heterocycles. The molecule has 6 heteroatoms. The van der Waals surface area contributed by atoms with Gasteiger partial charge in [0, 0.05) is 5.92 Å². The van der Waals surface area contributed by atoms with Crippen molar-refractivity contribution < 1.29 is 4.79 Å². The second-order valence-electron chi connectivity index (χ2n) is 3.83. The normalized spacial score (nSPS) is 16.9. The monoisotopic (exact) mass is 219 g/mol. The van der Waals surface area contributed by atoms with E-state index in [9.17, 15) is 4.79 Å². The smallest absolute Gasteiger partial charge is 0.251 e. The number of nitriles is 1. The van der Waals surface area contributed by atoms with E-state index in [1.165, 1.54) is 6.20 Å². The maximum atomic E-state index is 12.0. The molecule has 1 aromatic heterocycles. The van der Waals surface area contributed by atoms with Gasteiger partial charge in [0.1, 0.15) is 17.5 Å². The van der Waals surface area contributed by atoms with E-state index in [0.717, 1.165) is 30.6 Å². The van der Waals surface area contributed by atoms with Gasteiger partial charge in [-0.05, 0) is 25.9 Å². The molecule has 0 spiro atoms. The van der Waals surface area contributed by atoms with Crippen molar-refractivity contribution in [3.05, 3.63) is 11.8 Å². The van der Waals surface area contributed by atoms with Crippen molar-refractivity contribution in [2.24, 2.45) is 5.92 Å². The number of nitrogen functional groups attached to an aromatic ring is 1. The number of carbonyl (C=O) groups excluding carboxylic acids is 1. The van der Waals surface area contributed by atoms with E-state index >= 15 is 0 Å². The number of nitrogens with one attached hydrogen (secondary N) is 1. The first-order valence-electron chi connectivity index (χ1n) is 5.22. The molecule has 1 aliphatic heterocycles. The molecule has 1 fully saturated rings. The summed E-state index contributed by atoms with van der Waals surface area (Å²) >= 11 is 0. The topological polar surface area (TPSA) is 96.7 Å². The van der Waals surface area contributed by atoms with Crippen molar-refractivity contribution in [3.63, 3.8) is 0 Å². The molecule has 1 aliphatic rings. The van der Waals surface area contributed by atoms with Gasteiger partial charge >= 0.3 is 0 Å². The van der Waals surface area contributed by atoms with Crippen LogP contribution in [0.2, 0.25) is 0 Å². The molecular weight excluding hydrogens is 206 g/mol. The van der Waals surface area contributed by atoms with E-state index < -0.39 is 0 Å². The third-order valence-electron chi connectivity index (χ3n) is 2.82. The van der Waals surface area contributed by atoms with Gasteiger partial charge in [-0.25, -0.2) is 0 Å². The first-order chi connectivity index (χ1) is 7.74. The number of carbonyl (C=O) groups is 1. The largest absolute Gasteiger partial charge is 0.382 e. The molecule has 84 valence electrons. The van der Waals surface area contributed by atoms with Crippen LogP contribution in [0.25, 0.3) is 0 Å². The highest BCUT2D eigenvalue weighted by Gasteiger charge is 2.25. The highest BCUT2D eigenvalue weighted by atomic mass is 16.2. The van der Waals surface area contributed by atoms with Crippen LogP contribution in [0.4, 0.5) is 5.82 Å². The van der Waals surface area contributed by atoms with Gasteiger partial charge in [0.05, 0.1) is 6.20 Å². The number of hydrogen-bond acceptors (Lipinski definition) is 5. The van der Waals surface area contributed by atoms with Gasteiger partial charge in [-0.15, -0.1) is 0 Å². The zero-order valence-corrected chi connectivity index (χ0v) is 8.81. The lowest BCUT2D eigenvalue weighted by Crippen LogP contribution is -2.34. The Morgan fingerprint density at radius 1 is 1.62 bits per heavy atom. The summed E-state index contributed by atoms with van der Waals surface area (Å²) < 4.78 is 1.15. The van der Waals surface area contributed by atoms with Crippen LogP contribution >= 0.6 is 0 Å². The molecule has 2 rings (SSSR count). The van der Waals surface area contributed by atoms with E-state index in [2.05, 4.69) is 10.4 Å². The zero-order chi connectivity index (χ0) is 11.5. The van der Waals surface area contributed by atoms with E-state index in [0.29, 0.717) is 0 Å². The zero-order valence-electron chi connectivity index (χ0n) is 8.81. The van der Waals surface area contributed by atoms with Crippen LogP contribution in [-0.4, -0.2) is 28.8 Å². The number of nitrogens with zero attached hydrogens (tertiary/aromatic N) is 3. The van der Waals surface area contributed by atoms with Crippen molar-refractivity contribution >= 4 is 11.7 Å². The lowest BCUT2D eigenvalue weighted by molar-refractivity contribution is 0.0793. The van der Waals surface area contributed by atoms with E-state index in [1.54, 1.807) is 0 Å². The number of aromatic nitrogens is 2. The van der Waals surface area contributed by atoms with E-state index in [-0.39, 0.29) is 23.2 Å². The molecule has 16 heavy (non-hydrogen) atoms. The minimum absolute atomic E-state index is 0.0463. The van der Waals surface area contributed by atoms with Crippen LogP contribution in [0.5, 0.6) is 0 Å². The predicted molar refractivity (Wildman–Crippen MR) is 57.6 cm³/mol. The standard InChI is InChI=1S/C10H13N5O/c11-5-8-6-14-15(9(8)12)10(16)7-1-3-13-4-2-7/h6-7,13H,1-4,12H2. The molecule has 6 nitrogen and oxygen atoms in total. The lowest BCUT2D eigenvalue weighted by Gasteiger charge is -2.21. The van der Waals surface area contributed by atoms with Gasteiger partial charge in [-0.2, -0.15) is 15.0 Å².